The van der Waals surface area contributed by atoms with Gasteiger partial charge in [-0.2, -0.15) is 0 Å². The number of nitrogens with two attached hydrogens (primary N) is 1. The van der Waals surface area contributed by atoms with Gasteiger partial charge in [0.1, 0.15) is 0 Å². The standard InChI is InChI=1S/C14H18N4O3/c15-14(19)9-1-2-10(13(3-9)18(20)21)6-17-7-11-4-16-5-12(11)8-17/h1-3,11-12,16H,4-8H2,(H2,15,19). The van der Waals surface area contributed by atoms with Crippen LogP contribution in [0.4, 0.5) is 5.69 Å². The number of nitro groups is 1. The summed E-state index contributed by atoms with van der Waals surface area (Å²) < 4.78 is 0. The molecule has 3 N–H and O–H groups in total. The summed E-state index contributed by atoms with van der Waals surface area (Å²) in [5.41, 5.74) is 5.96. The number of nitrogens with one attached hydrogen (secondary N) is 1. The summed E-state index contributed by atoms with van der Waals surface area (Å²) in [5.74, 6) is 0.648. The molecule has 1 amide bonds. The summed E-state index contributed by atoms with van der Waals surface area (Å²) in [7, 11) is 0. The lowest BCUT2D eigenvalue weighted by Crippen LogP contribution is -2.25. The predicted octanol–water partition coefficient (Wildman–Crippen LogP) is 0.345. The second-order valence-corrected chi connectivity index (χ2v) is 5.84. The number of amides is 1. The number of rotatable bonds is 4. The SMILES string of the molecule is NC(=O)c1ccc(CN2CC3CNCC3C2)c([N+](=O)[O-])c1. The Balaban J connectivity index is 1.78. The molecule has 2 aliphatic heterocycles. The first-order valence-electron chi connectivity index (χ1n) is 7.05. The van der Waals surface area contributed by atoms with E-state index in [1.54, 1.807) is 12.1 Å². The van der Waals surface area contributed by atoms with Crippen LogP contribution in [0.1, 0.15) is 15.9 Å². The molecule has 0 aromatic heterocycles. The molecule has 112 valence electrons. The van der Waals surface area contributed by atoms with E-state index in [-0.39, 0.29) is 11.3 Å². The maximum atomic E-state index is 11.2. The van der Waals surface area contributed by atoms with Gasteiger partial charge in [-0.3, -0.25) is 19.8 Å². The number of fused-ring (bicyclic) bond motifs is 1. The van der Waals surface area contributed by atoms with Crippen molar-refractivity contribution in [3.05, 3.63) is 39.4 Å². The Morgan fingerprint density at radius 2 is 2.05 bits per heavy atom. The molecular formula is C14H18N4O3. The van der Waals surface area contributed by atoms with Gasteiger partial charge in [0.2, 0.25) is 5.91 Å². The molecule has 2 aliphatic rings. The van der Waals surface area contributed by atoms with Gasteiger partial charge in [-0.15, -0.1) is 0 Å². The predicted molar refractivity (Wildman–Crippen MR) is 76.7 cm³/mol. The maximum absolute atomic E-state index is 11.2. The number of carbonyl (C=O) groups excluding carboxylic acids is 1. The van der Waals surface area contributed by atoms with Gasteiger partial charge in [0.25, 0.3) is 5.69 Å². The third kappa shape index (κ3) is 2.74. The van der Waals surface area contributed by atoms with Crippen LogP contribution in [0.2, 0.25) is 0 Å². The molecule has 2 fully saturated rings. The topological polar surface area (TPSA) is 102 Å². The largest absolute Gasteiger partial charge is 0.366 e. The lowest BCUT2D eigenvalue weighted by molar-refractivity contribution is -0.385. The van der Waals surface area contributed by atoms with E-state index in [1.165, 1.54) is 6.07 Å². The Morgan fingerprint density at radius 1 is 1.38 bits per heavy atom. The molecule has 2 atom stereocenters. The van der Waals surface area contributed by atoms with Crippen molar-refractivity contribution in [2.24, 2.45) is 17.6 Å². The highest BCUT2D eigenvalue weighted by atomic mass is 16.6. The molecule has 0 bridgehead atoms. The van der Waals surface area contributed by atoms with Crippen molar-refractivity contribution >= 4 is 11.6 Å². The van der Waals surface area contributed by atoms with Crippen LogP contribution in [0.15, 0.2) is 18.2 Å². The molecule has 0 aliphatic carbocycles. The molecule has 7 heteroatoms. The highest BCUT2D eigenvalue weighted by Crippen LogP contribution is 2.29. The number of nitrogens with zero attached hydrogens (tertiary/aromatic N) is 2. The number of hydrogen-bond acceptors (Lipinski definition) is 5. The lowest BCUT2D eigenvalue weighted by atomic mass is 10.0. The fourth-order valence-corrected chi connectivity index (χ4v) is 3.34. The van der Waals surface area contributed by atoms with E-state index in [0.717, 1.165) is 26.2 Å². The molecule has 2 unspecified atom stereocenters. The summed E-state index contributed by atoms with van der Waals surface area (Å²) in [4.78, 5) is 24.1. The fraction of sp³-hybridized carbons (Fsp3) is 0.500. The van der Waals surface area contributed by atoms with Crippen LogP contribution in [0.25, 0.3) is 0 Å². The quantitative estimate of drug-likeness (QED) is 0.615. The van der Waals surface area contributed by atoms with E-state index in [1.807, 2.05) is 0 Å². The van der Waals surface area contributed by atoms with E-state index in [4.69, 9.17) is 5.73 Å². The van der Waals surface area contributed by atoms with Crippen molar-refractivity contribution in [1.82, 2.24) is 10.2 Å². The van der Waals surface area contributed by atoms with E-state index in [0.29, 0.717) is 23.9 Å². The van der Waals surface area contributed by atoms with E-state index < -0.39 is 10.8 Å². The molecule has 3 rings (SSSR count). The lowest BCUT2D eigenvalue weighted by Gasteiger charge is -2.17. The number of hydrogen-bond donors (Lipinski definition) is 2. The molecule has 0 saturated carbocycles. The fourth-order valence-electron chi connectivity index (χ4n) is 3.34. The number of likely N-dealkylation sites (tertiary alicyclic amines) is 1. The van der Waals surface area contributed by atoms with Crippen molar-refractivity contribution in [1.29, 1.82) is 0 Å². The average Bonchev–Trinajstić information content (AvgIpc) is 2.99. The van der Waals surface area contributed by atoms with Gasteiger partial charge in [-0.05, 0) is 31.0 Å². The third-order valence-corrected chi connectivity index (χ3v) is 4.43. The molecule has 0 radical (unpaired) electrons. The van der Waals surface area contributed by atoms with Crippen LogP contribution < -0.4 is 11.1 Å². The van der Waals surface area contributed by atoms with Crippen LogP contribution in [0.5, 0.6) is 0 Å². The van der Waals surface area contributed by atoms with E-state index in [2.05, 4.69) is 10.2 Å². The summed E-state index contributed by atoms with van der Waals surface area (Å²) >= 11 is 0. The Kier molecular flexibility index (Phi) is 3.60. The van der Waals surface area contributed by atoms with Crippen LogP contribution in [-0.4, -0.2) is 41.9 Å². The van der Waals surface area contributed by atoms with Crippen molar-refractivity contribution in [3.8, 4) is 0 Å². The van der Waals surface area contributed by atoms with Crippen molar-refractivity contribution in [2.75, 3.05) is 26.2 Å². The van der Waals surface area contributed by atoms with Gasteiger partial charge in [0, 0.05) is 36.8 Å². The minimum atomic E-state index is -0.647. The van der Waals surface area contributed by atoms with Crippen LogP contribution in [0, 0.1) is 22.0 Å². The van der Waals surface area contributed by atoms with Gasteiger partial charge in [-0.25, -0.2) is 0 Å². The molecule has 21 heavy (non-hydrogen) atoms. The second-order valence-electron chi connectivity index (χ2n) is 5.84. The first kappa shape index (κ1) is 14.0. The molecule has 7 nitrogen and oxygen atoms in total. The Morgan fingerprint density at radius 3 is 2.62 bits per heavy atom. The van der Waals surface area contributed by atoms with Gasteiger partial charge in [0.05, 0.1) is 4.92 Å². The zero-order valence-corrected chi connectivity index (χ0v) is 11.6. The summed E-state index contributed by atoms with van der Waals surface area (Å²) in [5, 5.41) is 14.6. The van der Waals surface area contributed by atoms with E-state index >= 15 is 0 Å². The number of primary amides is 1. The minimum Gasteiger partial charge on any atom is -0.366 e. The van der Waals surface area contributed by atoms with Crippen LogP contribution in [0.3, 0.4) is 0 Å². The van der Waals surface area contributed by atoms with Crippen LogP contribution in [-0.2, 0) is 6.54 Å². The molecule has 1 aromatic rings. The zero-order chi connectivity index (χ0) is 15.0. The van der Waals surface area contributed by atoms with E-state index in [9.17, 15) is 14.9 Å². The summed E-state index contributed by atoms with van der Waals surface area (Å²) in [6.07, 6.45) is 0. The smallest absolute Gasteiger partial charge is 0.274 e. The van der Waals surface area contributed by atoms with Crippen LogP contribution >= 0.6 is 0 Å². The van der Waals surface area contributed by atoms with Crippen molar-refractivity contribution < 1.29 is 9.72 Å². The van der Waals surface area contributed by atoms with Gasteiger partial charge in [0.15, 0.2) is 0 Å². The van der Waals surface area contributed by atoms with Gasteiger partial charge < -0.3 is 11.1 Å². The first-order chi connectivity index (χ1) is 10.0. The Hall–Kier alpha value is -1.99. The number of carbonyl (C=O) groups is 1. The zero-order valence-electron chi connectivity index (χ0n) is 11.6. The minimum absolute atomic E-state index is 0.0264. The first-order valence-corrected chi connectivity index (χ1v) is 7.05. The Labute approximate surface area is 122 Å². The van der Waals surface area contributed by atoms with Crippen molar-refractivity contribution in [3.63, 3.8) is 0 Å². The molecule has 2 saturated heterocycles. The molecule has 1 aromatic carbocycles. The monoisotopic (exact) mass is 290 g/mol. The molecular weight excluding hydrogens is 272 g/mol. The van der Waals surface area contributed by atoms with Gasteiger partial charge >= 0.3 is 0 Å². The highest BCUT2D eigenvalue weighted by molar-refractivity contribution is 5.93. The van der Waals surface area contributed by atoms with Crippen molar-refractivity contribution in [2.45, 2.75) is 6.54 Å². The summed E-state index contributed by atoms with van der Waals surface area (Å²) in [6, 6.07) is 4.48. The summed E-state index contributed by atoms with van der Waals surface area (Å²) in [6.45, 7) is 4.54. The normalized spacial score (nSPS) is 25.0. The average molecular weight is 290 g/mol. The third-order valence-electron chi connectivity index (χ3n) is 4.43. The highest BCUT2D eigenvalue weighted by Gasteiger charge is 2.36. The maximum Gasteiger partial charge on any atom is 0.274 e. The second kappa shape index (κ2) is 5.42. The Bertz CT molecular complexity index is 578. The molecule has 0 spiro atoms. The number of benzene rings is 1. The molecule has 2 heterocycles. The van der Waals surface area contributed by atoms with Gasteiger partial charge in [-0.1, -0.05) is 6.07 Å². The number of nitro benzene ring substituents is 1.